The van der Waals surface area contributed by atoms with Gasteiger partial charge in [-0.25, -0.2) is 9.13 Å². The molecule has 0 aromatic carbocycles. The number of unbranched alkanes of at least 4 members (excludes halogenated alkanes) is 32. The van der Waals surface area contributed by atoms with Gasteiger partial charge in [0.2, 0.25) is 0 Å². The van der Waals surface area contributed by atoms with Crippen molar-refractivity contribution in [1.82, 2.24) is 0 Å². The molecule has 3 unspecified atom stereocenters. The number of phosphoric acid groups is 2. The largest absolute Gasteiger partial charge is 0.472 e. The molecule has 522 valence electrons. The van der Waals surface area contributed by atoms with Crippen LogP contribution in [0.25, 0.3) is 0 Å². The van der Waals surface area contributed by atoms with Crippen molar-refractivity contribution < 1.29 is 80.2 Å². The minimum atomic E-state index is -4.95. The molecule has 0 aromatic rings. The van der Waals surface area contributed by atoms with Crippen LogP contribution in [-0.2, 0) is 65.4 Å². The normalized spacial score (nSPS) is 14.3. The van der Waals surface area contributed by atoms with Gasteiger partial charge in [0, 0.05) is 25.7 Å². The monoisotopic (exact) mass is 1300 g/mol. The van der Waals surface area contributed by atoms with Gasteiger partial charge in [0.05, 0.1) is 26.4 Å². The molecule has 3 N–H and O–H groups in total. The number of hydrogen-bond acceptors (Lipinski definition) is 15. The molecule has 0 rings (SSSR count). The summed E-state index contributed by atoms with van der Waals surface area (Å²) in [6, 6.07) is 0. The predicted molar refractivity (Wildman–Crippen MR) is 354 cm³/mol. The van der Waals surface area contributed by atoms with Crippen molar-refractivity contribution >= 4 is 39.5 Å². The van der Waals surface area contributed by atoms with E-state index in [-0.39, 0.29) is 25.7 Å². The fourth-order valence-electron chi connectivity index (χ4n) is 10.3. The molecular formula is C69H134O17P2. The van der Waals surface area contributed by atoms with E-state index in [9.17, 15) is 43.2 Å². The van der Waals surface area contributed by atoms with Gasteiger partial charge in [-0.3, -0.25) is 37.3 Å². The summed E-state index contributed by atoms with van der Waals surface area (Å²) < 4.78 is 68.2. The summed E-state index contributed by atoms with van der Waals surface area (Å²) in [6.45, 7) is 14.0. The molecule has 17 nitrogen and oxygen atoms in total. The van der Waals surface area contributed by atoms with Crippen LogP contribution < -0.4 is 0 Å². The molecule has 0 amide bonds. The average molecular weight is 1300 g/mol. The SMILES string of the molecule is CC(C)CCCCCCCCCCCCCCCC(=O)O[C@H](COC(=O)CCCCCCCCCC(C)C)COP(=O)(O)OCC(O)COP(=O)(O)OC[C@@H](COC(=O)CCCCCCCCCC(C)C)OC(=O)CCCCCCCCCCCC(C)C. The molecule has 19 heteroatoms. The summed E-state index contributed by atoms with van der Waals surface area (Å²) in [5.41, 5.74) is 0. The second-order valence-corrected chi connectivity index (χ2v) is 29.7. The fourth-order valence-corrected chi connectivity index (χ4v) is 11.9. The van der Waals surface area contributed by atoms with Gasteiger partial charge >= 0.3 is 39.5 Å². The van der Waals surface area contributed by atoms with Crippen molar-refractivity contribution in [3.05, 3.63) is 0 Å². The molecule has 88 heavy (non-hydrogen) atoms. The van der Waals surface area contributed by atoms with Crippen LogP contribution in [0.15, 0.2) is 0 Å². The summed E-state index contributed by atoms with van der Waals surface area (Å²) in [6.07, 6.45) is 40.5. The van der Waals surface area contributed by atoms with Gasteiger partial charge in [-0.2, -0.15) is 0 Å². The summed E-state index contributed by atoms with van der Waals surface area (Å²) in [7, 11) is -9.90. The highest BCUT2D eigenvalue weighted by atomic mass is 31.2. The Kier molecular flexibility index (Phi) is 57.6. The second-order valence-electron chi connectivity index (χ2n) is 26.8. The zero-order valence-corrected chi connectivity index (χ0v) is 59.1. The number of carbonyl (C=O) groups is 4. The Bertz CT molecular complexity index is 1750. The van der Waals surface area contributed by atoms with Crippen LogP contribution in [0.4, 0.5) is 0 Å². The molecule has 0 saturated carbocycles. The Morgan fingerprint density at radius 3 is 0.705 bits per heavy atom. The van der Waals surface area contributed by atoms with Gasteiger partial charge in [0.1, 0.15) is 19.3 Å². The maximum Gasteiger partial charge on any atom is 0.472 e. The Morgan fingerprint density at radius 1 is 0.284 bits per heavy atom. The number of esters is 4. The van der Waals surface area contributed by atoms with Crippen LogP contribution in [0.1, 0.15) is 338 Å². The molecule has 0 heterocycles. The minimum absolute atomic E-state index is 0.104. The molecule has 0 bridgehead atoms. The Hall–Kier alpha value is -1.94. The van der Waals surface area contributed by atoms with E-state index in [0.29, 0.717) is 37.5 Å². The van der Waals surface area contributed by atoms with E-state index in [2.05, 4.69) is 55.4 Å². The number of phosphoric ester groups is 2. The molecule has 0 aliphatic rings. The topological polar surface area (TPSA) is 237 Å². The third-order valence-electron chi connectivity index (χ3n) is 15.8. The lowest BCUT2D eigenvalue weighted by molar-refractivity contribution is -0.161. The van der Waals surface area contributed by atoms with Crippen LogP contribution >= 0.6 is 15.6 Å². The predicted octanol–water partition coefficient (Wildman–Crippen LogP) is 19.3. The smallest absolute Gasteiger partial charge is 0.462 e. The molecule has 0 saturated heterocycles. The standard InChI is InChI=1S/C69H134O17P2/c1-59(2)45-37-29-21-15-12-10-9-11-13-17-25-35-43-51-68(73)85-64(55-79-66(71)49-41-33-27-19-23-31-39-47-61(5)6)57-83-87(75,76)81-53-63(70)54-82-88(77,78)84-58-65(56-80-67(72)50-42-34-28-20-24-32-40-48-62(7)8)86-69(74)52-44-36-26-18-14-16-22-30-38-46-60(3)4/h59-65,70H,9-58H2,1-8H3,(H,75,76)(H,77,78)/t63?,64-,65-/m1/s1. The zero-order valence-electron chi connectivity index (χ0n) is 57.3. The van der Waals surface area contributed by atoms with Crippen molar-refractivity contribution in [3.63, 3.8) is 0 Å². The first-order valence-corrected chi connectivity index (χ1v) is 38.7. The van der Waals surface area contributed by atoms with Crippen molar-refractivity contribution in [2.75, 3.05) is 39.6 Å². The second kappa shape index (κ2) is 58.8. The zero-order chi connectivity index (χ0) is 65.4. The van der Waals surface area contributed by atoms with Crippen LogP contribution in [0.3, 0.4) is 0 Å². The Morgan fingerprint density at radius 2 is 0.477 bits per heavy atom. The highest BCUT2D eigenvalue weighted by Crippen LogP contribution is 2.45. The molecule has 0 aliphatic heterocycles. The van der Waals surface area contributed by atoms with E-state index in [1.165, 1.54) is 128 Å². The summed E-state index contributed by atoms with van der Waals surface area (Å²) in [5, 5.41) is 10.6. The lowest BCUT2D eigenvalue weighted by atomic mass is 10.0. The molecule has 0 radical (unpaired) electrons. The number of carbonyl (C=O) groups excluding carboxylic acids is 4. The third kappa shape index (κ3) is 62.8. The van der Waals surface area contributed by atoms with E-state index in [1.54, 1.807) is 0 Å². The van der Waals surface area contributed by atoms with Gasteiger partial charge in [-0.15, -0.1) is 0 Å². The Balaban J connectivity index is 5.24. The quantitative estimate of drug-likeness (QED) is 0.0222. The number of aliphatic hydroxyl groups excluding tert-OH is 1. The fraction of sp³-hybridized carbons (Fsp3) is 0.942. The summed E-state index contributed by atoms with van der Waals surface area (Å²) in [4.78, 5) is 72.4. The Labute approximate surface area is 537 Å². The van der Waals surface area contributed by atoms with Gasteiger partial charge < -0.3 is 33.8 Å². The van der Waals surface area contributed by atoms with Gasteiger partial charge in [-0.05, 0) is 49.4 Å². The van der Waals surface area contributed by atoms with Crippen molar-refractivity contribution in [2.24, 2.45) is 23.7 Å². The lowest BCUT2D eigenvalue weighted by Gasteiger charge is -2.21. The van der Waals surface area contributed by atoms with E-state index < -0.39 is 97.5 Å². The van der Waals surface area contributed by atoms with Crippen LogP contribution in [0.2, 0.25) is 0 Å². The van der Waals surface area contributed by atoms with Crippen molar-refractivity contribution in [2.45, 2.75) is 356 Å². The third-order valence-corrected chi connectivity index (χ3v) is 17.7. The molecular weight excluding hydrogens is 1160 g/mol. The number of aliphatic hydroxyl groups is 1. The minimum Gasteiger partial charge on any atom is -0.462 e. The molecule has 0 spiro atoms. The van der Waals surface area contributed by atoms with Crippen molar-refractivity contribution in [1.29, 1.82) is 0 Å². The maximum absolute atomic E-state index is 13.0. The molecule has 0 aliphatic carbocycles. The highest BCUT2D eigenvalue weighted by Gasteiger charge is 2.30. The van der Waals surface area contributed by atoms with Gasteiger partial charge in [0.25, 0.3) is 0 Å². The maximum atomic E-state index is 13.0. The van der Waals surface area contributed by atoms with E-state index in [0.717, 1.165) is 115 Å². The lowest BCUT2D eigenvalue weighted by Crippen LogP contribution is -2.30. The first-order chi connectivity index (χ1) is 42.1. The first-order valence-electron chi connectivity index (χ1n) is 35.7. The molecule has 0 aromatic heterocycles. The van der Waals surface area contributed by atoms with Crippen LogP contribution in [-0.4, -0.2) is 96.7 Å². The number of rotatable bonds is 66. The molecule has 0 fully saturated rings. The number of hydrogen-bond donors (Lipinski definition) is 3. The average Bonchev–Trinajstić information content (AvgIpc) is 3.62. The van der Waals surface area contributed by atoms with E-state index in [4.69, 9.17) is 37.0 Å². The highest BCUT2D eigenvalue weighted by molar-refractivity contribution is 7.47. The van der Waals surface area contributed by atoms with Gasteiger partial charge in [0.15, 0.2) is 12.2 Å². The van der Waals surface area contributed by atoms with E-state index >= 15 is 0 Å². The van der Waals surface area contributed by atoms with Crippen molar-refractivity contribution in [3.8, 4) is 0 Å². The summed E-state index contributed by atoms with van der Waals surface area (Å²) in [5.74, 6) is 0.800. The van der Waals surface area contributed by atoms with Crippen LogP contribution in [0.5, 0.6) is 0 Å². The number of ether oxygens (including phenoxy) is 4. The first kappa shape index (κ1) is 86.1. The van der Waals surface area contributed by atoms with Gasteiger partial charge in [-0.1, -0.05) is 287 Å². The molecule has 5 atom stereocenters. The summed E-state index contributed by atoms with van der Waals surface area (Å²) >= 11 is 0. The van der Waals surface area contributed by atoms with Crippen LogP contribution in [0, 0.1) is 23.7 Å². The van der Waals surface area contributed by atoms with E-state index in [1.807, 2.05) is 0 Å².